The Hall–Kier alpha value is -3.72. The number of rotatable bonds is 0. The summed E-state index contributed by atoms with van der Waals surface area (Å²) in [7, 11) is 1.67. The summed E-state index contributed by atoms with van der Waals surface area (Å²) in [5.74, 6) is 28.8. The van der Waals surface area contributed by atoms with Crippen molar-refractivity contribution < 1.29 is 0 Å². The maximum atomic E-state index is 4.90. The predicted octanol–water partition coefficient (Wildman–Crippen LogP) is 0.120. The first-order chi connectivity index (χ1) is 8.81. The minimum absolute atomic E-state index is 1.42. The molecule has 0 aliphatic rings. The fourth-order valence-corrected chi connectivity index (χ4v) is 0.511. The molecule has 1 nitrogen and oxygen atoms in total. The number of terminal acetylenes is 2. The third-order valence-electron chi connectivity index (χ3n) is 1.09. The summed E-state index contributed by atoms with van der Waals surface area (Å²) >= 11 is 0. The first kappa shape index (κ1) is 14.3. The molecule has 0 heterocycles. The van der Waals surface area contributed by atoms with Gasteiger partial charge >= 0.3 is 0 Å². The van der Waals surface area contributed by atoms with Gasteiger partial charge in [0.2, 0.25) is 0 Å². The van der Waals surface area contributed by atoms with Crippen LogP contribution in [0.5, 0.6) is 0 Å². The van der Waals surface area contributed by atoms with Crippen molar-refractivity contribution in [1.29, 1.82) is 0 Å². The fourth-order valence-electron chi connectivity index (χ4n) is 0.511. The van der Waals surface area contributed by atoms with Crippen LogP contribution in [0.15, 0.2) is 0 Å². The summed E-state index contributed by atoms with van der Waals surface area (Å²) < 4.78 is 0. The molecule has 0 aromatic rings. The molecule has 0 rings (SSSR count). The Morgan fingerprint density at radius 1 is 0.556 bits per heavy atom. The van der Waals surface area contributed by atoms with E-state index in [0.29, 0.717) is 0 Å². The maximum absolute atomic E-state index is 4.90. The van der Waals surface area contributed by atoms with Crippen LogP contribution in [0.4, 0.5) is 0 Å². The van der Waals surface area contributed by atoms with Gasteiger partial charge in [0.25, 0.3) is 0 Å². The Morgan fingerprint density at radius 3 is 1.28 bits per heavy atom. The second kappa shape index (κ2) is 11.4. The Kier molecular flexibility index (Phi) is 9.01. The average molecular weight is 223 g/mol. The van der Waals surface area contributed by atoms with Crippen LogP contribution >= 0.6 is 0 Å². The van der Waals surface area contributed by atoms with Crippen LogP contribution in [0.25, 0.3) is 0 Å². The average Bonchev–Trinajstić information content (AvgIpc) is 2.38. The molecule has 0 N–H and O–H groups in total. The Morgan fingerprint density at radius 2 is 0.889 bits per heavy atom. The van der Waals surface area contributed by atoms with E-state index in [0.717, 1.165) is 0 Å². The van der Waals surface area contributed by atoms with E-state index in [-0.39, 0.29) is 0 Å². The van der Waals surface area contributed by atoms with E-state index >= 15 is 0 Å². The van der Waals surface area contributed by atoms with E-state index in [1.54, 1.807) is 7.05 Å². The fraction of sp³-hybridized carbons (Fsp3) is 0.0588. The lowest BCUT2D eigenvalue weighted by atomic mass is 10.5. The number of hydrogen-bond donors (Lipinski definition) is 0. The molecule has 1 heteroatoms. The molecule has 0 fully saturated rings. The van der Waals surface area contributed by atoms with Crippen LogP contribution < -0.4 is 0 Å². The van der Waals surface area contributed by atoms with Gasteiger partial charge in [-0.15, -0.1) is 12.8 Å². The van der Waals surface area contributed by atoms with Gasteiger partial charge in [-0.25, -0.2) is 0 Å². The highest BCUT2D eigenvalue weighted by molar-refractivity contribution is 5.40. The lowest BCUT2D eigenvalue weighted by Gasteiger charge is -1.93. The Labute approximate surface area is 108 Å². The largest absolute Gasteiger partial charge is 0.262 e. The molecule has 78 valence electrons. The molecule has 0 aromatic heterocycles. The van der Waals surface area contributed by atoms with E-state index in [1.165, 1.54) is 4.90 Å². The molecular weight excluding hydrogens is 218 g/mol. The summed E-state index contributed by atoms with van der Waals surface area (Å²) in [6.45, 7) is 0. The number of hydrogen-bond acceptors (Lipinski definition) is 1. The van der Waals surface area contributed by atoms with Crippen molar-refractivity contribution in [1.82, 2.24) is 4.90 Å². The molecule has 0 amide bonds. The molecule has 0 saturated heterocycles. The van der Waals surface area contributed by atoms with Crippen LogP contribution in [0.2, 0.25) is 0 Å². The van der Waals surface area contributed by atoms with Crippen molar-refractivity contribution in [2.75, 3.05) is 7.05 Å². The standard InChI is InChI=1S/C17H5N/c1-4-6-8-10-12-14-16-18(3)17-15-13-11-9-7-5-2/h1-2H,3H3. The van der Waals surface area contributed by atoms with Gasteiger partial charge in [-0.05, 0) is 35.5 Å². The summed E-state index contributed by atoms with van der Waals surface area (Å²) in [5.41, 5.74) is 0. The zero-order valence-corrected chi connectivity index (χ0v) is 9.60. The smallest absolute Gasteiger partial charge is 0.0342 e. The SMILES string of the molecule is C#CC#CC#CC#CN(C)C#CC#CC#CC#C. The van der Waals surface area contributed by atoms with Gasteiger partial charge in [0.15, 0.2) is 0 Å². The van der Waals surface area contributed by atoms with E-state index in [4.69, 9.17) is 12.8 Å². The molecule has 0 bridgehead atoms. The van der Waals surface area contributed by atoms with Crippen molar-refractivity contribution in [2.24, 2.45) is 0 Å². The quantitative estimate of drug-likeness (QED) is 0.416. The summed E-state index contributed by atoms with van der Waals surface area (Å²) in [5, 5.41) is 0. The van der Waals surface area contributed by atoms with Crippen LogP contribution in [-0.4, -0.2) is 11.9 Å². The van der Waals surface area contributed by atoms with Crippen molar-refractivity contribution in [2.45, 2.75) is 0 Å². The first-order valence-electron chi connectivity index (χ1n) is 4.47. The molecule has 0 aromatic carbocycles. The van der Waals surface area contributed by atoms with Gasteiger partial charge < -0.3 is 0 Å². The number of nitrogens with zero attached hydrogens (tertiary/aromatic N) is 1. The molecule has 18 heavy (non-hydrogen) atoms. The highest BCUT2D eigenvalue weighted by Crippen LogP contribution is 1.70. The Balaban J connectivity index is 4.40. The highest BCUT2D eigenvalue weighted by Gasteiger charge is 1.76. The molecule has 0 aliphatic heterocycles. The third kappa shape index (κ3) is 10.4. The van der Waals surface area contributed by atoms with Gasteiger partial charge in [-0.1, -0.05) is 0 Å². The molecular formula is C17H5N. The van der Waals surface area contributed by atoms with Crippen LogP contribution in [0.1, 0.15) is 0 Å². The van der Waals surface area contributed by atoms with E-state index < -0.39 is 0 Å². The second-order valence-electron chi connectivity index (χ2n) is 2.32. The van der Waals surface area contributed by atoms with E-state index in [9.17, 15) is 0 Å². The monoisotopic (exact) mass is 223 g/mol. The summed E-state index contributed by atoms with van der Waals surface area (Å²) in [6.07, 6.45) is 9.81. The van der Waals surface area contributed by atoms with Crippen molar-refractivity contribution in [3.8, 4) is 96.0 Å². The van der Waals surface area contributed by atoms with Gasteiger partial charge in [-0.3, -0.25) is 4.90 Å². The minimum atomic E-state index is 1.42. The van der Waals surface area contributed by atoms with Crippen molar-refractivity contribution >= 4 is 0 Å². The van der Waals surface area contributed by atoms with Gasteiger partial charge in [0, 0.05) is 54.7 Å². The second-order valence-corrected chi connectivity index (χ2v) is 2.32. The molecule has 0 radical (unpaired) electrons. The molecule has 0 unspecified atom stereocenters. The lowest BCUT2D eigenvalue weighted by Crippen LogP contribution is -2.00. The summed E-state index contributed by atoms with van der Waals surface area (Å²) in [4.78, 5) is 1.42. The molecule has 0 aliphatic carbocycles. The molecule has 0 spiro atoms. The first-order valence-corrected chi connectivity index (χ1v) is 4.47. The Bertz CT molecular complexity index is 676. The topological polar surface area (TPSA) is 3.24 Å². The van der Waals surface area contributed by atoms with E-state index in [2.05, 4.69) is 83.1 Å². The van der Waals surface area contributed by atoms with Crippen LogP contribution in [0, 0.1) is 96.0 Å². The summed E-state index contributed by atoms with van der Waals surface area (Å²) in [6, 6.07) is 5.28. The minimum Gasteiger partial charge on any atom is -0.262 e. The van der Waals surface area contributed by atoms with Gasteiger partial charge in [0.05, 0.1) is 0 Å². The lowest BCUT2D eigenvalue weighted by molar-refractivity contribution is 0.701. The van der Waals surface area contributed by atoms with Crippen LogP contribution in [-0.2, 0) is 0 Å². The molecule has 0 saturated carbocycles. The van der Waals surface area contributed by atoms with Crippen molar-refractivity contribution in [3.63, 3.8) is 0 Å². The van der Waals surface area contributed by atoms with E-state index in [1.807, 2.05) is 0 Å². The van der Waals surface area contributed by atoms with Gasteiger partial charge in [-0.2, -0.15) is 0 Å². The zero-order valence-electron chi connectivity index (χ0n) is 9.60. The highest BCUT2D eigenvalue weighted by atomic mass is 15.0. The normalized spacial score (nSPS) is 4.39. The van der Waals surface area contributed by atoms with Crippen LogP contribution in [0.3, 0.4) is 0 Å². The maximum Gasteiger partial charge on any atom is 0.0342 e. The van der Waals surface area contributed by atoms with Gasteiger partial charge in [0.1, 0.15) is 0 Å². The van der Waals surface area contributed by atoms with Crippen molar-refractivity contribution in [3.05, 3.63) is 0 Å². The molecule has 0 atom stereocenters. The zero-order chi connectivity index (χ0) is 13.5. The third-order valence-corrected chi connectivity index (χ3v) is 1.09. The predicted molar refractivity (Wildman–Crippen MR) is 72.1 cm³/mol.